The Morgan fingerprint density at radius 2 is 2.09 bits per heavy atom. The summed E-state index contributed by atoms with van der Waals surface area (Å²) in [5, 5.41) is 13.5. The Bertz CT molecular complexity index is 1090. The molecule has 1 aliphatic rings. The van der Waals surface area contributed by atoms with E-state index in [9.17, 15) is 18.8 Å². The van der Waals surface area contributed by atoms with Crippen molar-refractivity contribution in [2.45, 2.75) is 38.8 Å². The summed E-state index contributed by atoms with van der Waals surface area (Å²) in [6.45, 7) is 3.63. The van der Waals surface area contributed by atoms with Gasteiger partial charge in [0.05, 0.1) is 24.5 Å². The van der Waals surface area contributed by atoms with Gasteiger partial charge in [-0.25, -0.2) is 4.39 Å². The minimum Gasteiger partial charge on any atom is -0.374 e. The van der Waals surface area contributed by atoms with Gasteiger partial charge in [-0.1, -0.05) is 18.2 Å². The first kappa shape index (κ1) is 23.8. The second-order valence-corrected chi connectivity index (χ2v) is 7.97. The maximum atomic E-state index is 14.4. The fourth-order valence-electron chi connectivity index (χ4n) is 3.89. The second-order valence-electron chi connectivity index (χ2n) is 7.97. The van der Waals surface area contributed by atoms with Crippen molar-refractivity contribution < 1.29 is 18.8 Å². The number of carbonyl (C=O) groups excluding carboxylic acids is 3. The normalized spacial score (nSPS) is 16.2. The molecule has 3 amide bonds. The molecule has 2 unspecified atom stereocenters. The van der Waals surface area contributed by atoms with Crippen LogP contribution in [0.5, 0.6) is 0 Å². The number of carbonyl (C=O) groups is 3. The topological polar surface area (TPSA) is 141 Å². The van der Waals surface area contributed by atoms with E-state index in [0.29, 0.717) is 36.2 Å². The van der Waals surface area contributed by atoms with Crippen molar-refractivity contribution in [3.8, 4) is 0 Å². The number of nitrogens with zero attached hydrogens (tertiary/aromatic N) is 2. The van der Waals surface area contributed by atoms with Gasteiger partial charge in [0.15, 0.2) is 0 Å². The highest BCUT2D eigenvalue weighted by molar-refractivity contribution is 6.44. The number of hydrogen-bond donors (Lipinski definition) is 4. The molecule has 10 heteroatoms. The Morgan fingerprint density at radius 3 is 2.82 bits per heavy atom. The molecule has 2 aromatic rings. The number of halogens is 1. The first-order valence-corrected chi connectivity index (χ1v) is 10.6. The molecule has 5 N–H and O–H groups in total. The minimum atomic E-state index is -0.897. The van der Waals surface area contributed by atoms with Gasteiger partial charge in [0.2, 0.25) is 11.8 Å². The molecule has 2 atom stereocenters. The molecule has 1 aromatic carbocycles. The van der Waals surface area contributed by atoms with Crippen molar-refractivity contribution >= 4 is 29.1 Å². The largest absolute Gasteiger partial charge is 0.374 e. The average molecular weight is 455 g/mol. The fourth-order valence-corrected chi connectivity index (χ4v) is 3.89. The second kappa shape index (κ2) is 10.2. The lowest BCUT2D eigenvalue weighted by Gasteiger charge is -2.26. The molecule has 1 fully saturated rings. The summed E-state index contributed by atoms with van der Waals surface area (Å²) in [4.78, 5) is 42.5. The van der Waals surface area contributed by atoms with Crippen LogP contribution in [0.25, 0.3) is 0 Å². The molecule has 0 radical (unpaired) electrons. The van der Waals surface area contributed by atoms with Crippen molar-refractivity contribution in [3.63, 3.8) is 0 Å². The fraction of sp³-hybridized carbons (Fsp3) is 0.348. The van der Waals surface area contributed by atoms with Crippen LogP contribution < -0.4 is 16.4 Å². The van der Waals surface area contributed by atoms with E-state index in [0.717, 1.165) is 0 Å². The highest BCUT2D eigenvalue weighted by Gasteiger charge is 2.34. The smallest absolute Gasteiger partial charge is 0.267 e. The maximum absolute atomic E-state index is 14.4. The predicted octanol–water partition coefficient (Wildman–Crippen LogP) is 1.66. The molecule has 0 spiro atoms. The van der Waals surface area contributed by atoms with Crippen LogP contribution in [0.15, 0.2) is 36.7 Å². The molecule has 3 rings (SSSR count). The van der Waals surface area contributed by atoms with Crippen molar-refractivity contribution in [2.24, 2.45) is 5.73 Å². The SMILES string of the molecule is Cc1cccc(C(C)NC(=O)C2CCCN2C(=O)CNc2cnccc2C(=N)C(N)=O)c1F. The van der Waals surface area contributed by atoms with E-state index in [-0.39, 0.29) is 29.7 Å². The Labute approximate surface area is 191 Å². The summed E-state index contributed by atoms with van der Waals surface area (Å²) in [5.41, 5.74) is 6.23. The molecule has 0 saturated carbocycles. The van der Waals surface area contributed by atoms with E-state index in [1.54, 1.807) is 32.0 Å². The van der Waals surface area contributed by atoms with Crippen molar-refractivity contribution in [2.75, 3.05) is 18.4 Å². The Hall–Kier alpha value is -3.82. The summed E-state index contributed by atoms with van der Waals surface area (Å²) in [7, 11) is 0. The zero-order valence-electron chi connectivity index (χ0n) is 18.5. The van der Waals surface area contributed by atoms with Crippen molar-refractivity contribution in [1.82, 2.24) is 15.2 Å². The predicted molar refractivity (Wildman–Crippen MR) is 121 cm³/mol. The van der Waals surface area contributed by atoms with Crippen LogP contribution in [-0.2, 0) is 14.4 Å². The molecule has 0 aliphatic carbocycles. The number of benzene rings is 1. The number of rotatable bonds is 8. The molecular weight excluding hydrogens is 427 g/mol. The molecule has 1 aromatic heterocycles. The summed E-state index contributed by atoms with van der Waals surface area (Å²) in [5.74, 6) is -1.91. The van der Waals surface area contributed by atoms with Gasteiger partial charge in [-0.2, -0.15) is 0 Å². The first-order valence-electron chi connectivity index (χ1n) is 10.6. The molecule has 174 valence electrons. The molecule has 1 saturated heterocycles. The molecule has 2 heterocycles. The molecule has 33 heavy (non-hydrogen) atoms. The summed E-state index contributed by atoms with van der Waals surface area (Å²) < 4.78 is 14.4. The van der Waals surface area contributed by atoms with Crippen LogP contribution in [0.1, 0.15) is 42.5 Å². The Balaban J connectivity index is 1.65. The van der Waals surface area contributed by atoms with E-state index in [4.69, 9.17) is 11.1 Å². The minimum absolute atomic E-state index is 0.156. The molecule has 9 nitrogen and oxygen atoms in total. The van der Waals surface area contributed by atoms with Gasteiger partial charge in [-0.05, 0) is 38.3 Å². The average Bonchev–Trinajstić information content (AvgIpc) is 3.29. The Kier molecular flexibility index (Phi) is 7.37. The number of primary amides is 1. The number of hydrogen-bond acceptors (Lipinski definition) is 6. The number of likely N-dealkylation sites (tertiary alicyclic amines) is 1. The third-order valence-electron chi connectivity index (χ3n) is 5.69. The van der Waals surface area contributed by atoms with Crippen LogP contribution in [-0.4, -0.2) is 52.4 Å². The van der Waals surface area contributed by atoms with Gasteiger partial charge in [0.25, 0.3) is 5.91 Å². The monoisotopic (exact) mass is 454 g/mol. The van der Waals surface area contributed by atoms with Crippen molar-refractivity contribution in [1.29, 1.82) is 5.41 Å². The number of pyridine rings is 1. The van der Waals surface area contributed by atoms with Gasteiger partial charge in [-0.15, -0.1) is 0 Å². The quantitative estimate of drug-likeness (QED) is 0.449. The number of amides is 3. The Morgan fingerprint density at radius 1 is 1.33 bits per heavy atom. The van der Waals surface area contributed by atoms with Gasteiger partial charge < -0.3 is 21.3 Å². The van der Waals surface area contributed by atoms with E-state index < -0.39 is 23.7 Å². The molecular formula is C23H27FN6O3. The highest BCUT2D eigenvalue weighted by atomic mass is 19.1. The summed E-state index contributed by atoms with van der Waals surface area (Å²) >= 11 is 0. The van der Waals surface area contributed by atoms with E-state index >= 15 is 0 Å². The van der Waals surface area contributed by atoms with E-state index in [1.165, 1.54) is 23.4 Å². The van der Waals surface area contributed by atoms with Gasteiger partial charge in [0.1, 0.15) is 17.6 Å². The first-order chi connectivity index (χ1) is 15.7. The number of nitrogens with two attached hydrogens (primary N) is 1. The third-order valence-corrected chi connectivity index (χ3v) is 5.69. The van der Waals surface area contributed by atoms with Crippen LogP contribution in [0, 0.1) is 18.2 Å². The maximum Gasteiger partial charge on any atom is 0.267 e. The zero-order chi connectivity index (χ0) is 24.1. The van der Waals surface area contributed by atoms with Gasteiger partial charge in [0, 0.05) is 23.9 Å². The lowest BCUT2D eigenvalue weighted by atomic mass is 10.0. The third kappa shape index (κ3) is 5.33. The number of nitrogens with one attached hydrogen (secondary N) is 3. The van der Waals surface area contributed by atoms with Gasteiger partial charge in [-0.3, -0.25) is 24.8 Å². The number of anilines is 1. The standard InChI is InChI=1S/C23H27FN6O3/c1-13-5-3-6-15(20(13)24)14(2)29-23(33)18-7-4-10-30(18)19(31)12-28-17-11-27-9-8-16(17)21(25)22(26)32/h3,5-6,8-9,11,14,18,25,28H,4,7,10,12H2,1-2H3,(H2,26,32)(H,29,33). The number of aryl methyl sites for hydroxylation is 1. The van der Waals surface area contributed by atoms with E-state index in [2.05, 4.69) is 15.6 Å². The van der Waals surface area contributed by atoms with Crippen LogP contribution >= 0.6 is 0 Å². The van der Waals surface area contributed by atoms with Crippen LogP contribution in [0.2, 0.25) is 0 Å². The lowest BCUT2D eigenvalue weighted by molar-refractivity contribution is -0.137. The molecule has 0 bridgehead atoms. The zero-order valence-corrected chi connectivity index (χ0v) is 18.5. The van der Waals surface area contributed by atoms with Crippen LogP contribution in [0.3, 0.4) is 0 Å². The van der Waals surface area contributed by atoms with E-state index in [1.807, 2.05) is 0 Å². The molecule has 1 aliphatic heterocycles. The summed E-state index contributed by atoms with van der Waals surface area (Å²) in [6, 6.07) is 5.27. The lowest BCUT2D eigenvalue weighted by Crippen LogP contribution is -2.48. The van der Waals surface area contributed by atoms with Crippen LogP contribution in [0.4, 0.5) is 10.1 Å². The van der Waals surface area contributed by atoms with Gasteiger partial charge >= 0.3 is 0 Å². The van der Waals surface area contributed by atoms with Crippen molar-refractivity contribution in [3.05, 3.63) is 59.2 Å². The summed E-state index contributed by atoms with van der Waals surface area (Å²) in [6.07, 6.45) is 3.98. The number of aromatic nitrogens is 1. The highest BCUT2D eigenvalue weighted by Crippen LogP contribution is 2.22.